The number of nitrogens with one attached hydrogen (secondary N) is 2. The molecule has 8 nitrogen and oxygen atoms in total. The summed E-state index contributed by atoms with van der Waals surface area (Å²) in [5, 5.41) is 21.8. The van der Waals surface area contributed by atoms with Gasteiger partial charge in [-0.15, -0.1) is 0 Å². The number of nitro groups is 1. The highest BCUT2D eigenvalue weighted by Gasteiger charge is 2.14. The third-order valence-corrected chi connectivity index (χ3v) is 1.62. The van der Waals surface area contributed by atoms with Crippen molar-refractivity contribution in [3.05, 3.63) is 22.2 Å². The summed E-state index contributed by atoms with van der Waals surface area (Å²) in [6, 6.07) is 2.67. The topological polar surface area (TPSA) is 126 Å². The van der Waals surface area contributed by atoms with Crippen molar-refractivity contribution in [1.82, 2.24) is 4.98 Å². The molecule has 0 aliphatic rings. The van der Waals surface area contributed by atoms with Crippen LogP contribution in [0.4, 0.5) is 17.3 Å². The lowest BCUT2D eigenvalue weighted by molar-refractivity contribution is -0.384. The molecular weight excluding hydrogens is 202 g/mol. The highest BCUT2D eigenvalue weighted by molar-refractivity contribution is 5.59. The summed E-state index contributed by atoms with van der Waals surface area (Å²) < 4.78 is 0. The molecule has 0 atom stereocenters. The van der Waals surface area contributed by atoms with Crippen molar-refractivity contribution in [1.29, 1.82) is 0 Å². The first kappa shape index (κ1) is 11.1. The molecule has 1 aromatic rings. The van der Waals surface area contributed by atoms with Crippen LogP contribution >= 0.6 is 0 Å². The number of nitrogens with zero attached hydrogens (tertiary/aromatic N) is 2. The van der Waals surface area contributed by atoms with Gasteiger partial charge in [0.1, 0.15) is 5.82 Å². The second-order valence-electron chi connectivity index (χ2n) is 2.62. The van der Waals surface area contributed by atoms with Gasteiger partial charge in [0.25, 0.3) is 0 Å². The molecule has 0 aromatic carbocycles. The predicted molar refractivity (Wildman–Crippen MR) is 54.3 cm³/mol. The third kappa shape index (κ3) is 2.76. The number of aliphatic hydroxyl groups excluding tert-OH is 1. The standard InChI is InChI=1S/C7H11N5O3/c8-11-6-2-1-5(12(14)15)7(10-6)9-3-4-13/h1-2,13H,3-4,8H2,(H2,9,10,11). The van der Waals surface area contributed by atoms with Gasteiger partial charge in [-0.25, -0.2) is 10.8 Å². The van der Waals surface area contributed by atoms with Gasteiger partial charge in [-0.3, -0.25) is 10.1 Å². The molecule has 0 aliphatic heterocycles. The molecular formula is C7H11N5O3. The first-order valence-corrected chi connectivity index (χ1v) is 4.16. The summed E-state index contributed by atoms with van der Waals surface area (Å²) in [6.45, 7) is 0.0426. The van der Waals surface area contributed by atoms with Gasteiger partial charge < -0.3 is 15.8 Å². The van der Waals surface area contributed by atoms with E-state index in [1.807, 2.05) is 0 Å². The Labute approximate surface area is 85.2 Å². The van der Waals surface area contributed by atoms with Gasteiger partial charge in [0.2, 0.25) is 5.82 Å². The van der Waals surface area contributed by atoms with Crippen LogP contribution in [0.25, 0.3) is 0 Å². The second kappa shape index (κ2) is 5.08. The zero-order valence-corrected chi connectivity index (χ0v) is 7.80. The Bertz CT molecular complexity index is 356. The summed E-state index contributed by atoms with van der Waals surface area (Å²) >= 11 is 0. The summed E-state index contributed by atoms with van der Waals surface area (Å²) in [5.74, 6) is 5.49. The molecule has 0 saturated carbocycles. The largest absolute Gasteiger partial charge is 0.395 e. The Morgan fingerprint density at radius 3 is 2.87 bits per heavy atom. The van der Waals surface area contributed by atoms with Crippen molar-refractivity contribution in [2.24, 2.45) is 5.84 Å². The Hall–Kier alpha value is -1.93. The summed E-state index contributed by atoms with van der Waals surface area (Å²) in [4.78, 5) is 13.9. The number of nitrogens with two attached hydrogens (primary N) is 1. The van der Waals surface area contributed by atoms with E-state index in [9.17, 15) is 10.1 Å². The molecule has 0 radical (unpaired) electrons. The molecule has 0 saturated heterocycles. The molecule has 0 bridgehead atoms. The molecule has 8 heteroatoms. The molecule has 0 fully saturated rings. The molecule has 15 heavy (non-hydrogen) atoms. The number of aromatic nitrogens is 1. The van der Waals surface area contributed by atoms with E-state index in [1.165, 1.54) is 12.1 Å². The Morgan fingerprint density at radius 2 is 2.33 bits per heavy atom. The number of nitrogen functional groups attached to an aromatic ring is 1. The molecule has 0 spiro atoms. The minimum atomic E-state index is -0.562. The monoisotopic (exact) mass is 213 g/mol. The van der Waals surface area contributed by atoms with Gasteiger partial charge in [-0.2, -0.15) is 0 Å². The van der Waals surface area contributed by atoms with Crippen LogP contribution in [-0.4, -0.2) is 28.2 Å². The zero-order valence-electron chi connectivity index (χ0n) is 7.80. The fourth-order valence-electron chi connectivity index (χ4n) is 0.984. The van der Waals surface area contributed by atoms with E-state index in [0.717, 1.165) is 0 Å². The molecule has 1 heterocycles. The molecule has 0 unspecified atom stereocenters. The number of hydrogen-bond acceptors (Lipinski definition) is 7. The first-order valence-electron chi connectivity index (χ1n) is 4.16. The number of anilines is 2. The third-order valence-electron chi connectivity index (χ3n) is 1.62. The lowest BCUT2D eigenvalue weighted by atomic mass is 10.3. The minimum absolute atomic E-state index is 0.0736. The highest BCUT2D eigenvalue weighted by atomic mass is 16.6. The maximum absolute atomic E-state index is 10.6. The molecule has 1 aromatic heterocycles. The van der Waals surface area contributed by atoms with E-state index in [2.05, 4.69) is 15.7 Å². The molecule has 5 N–H and O–H groups in total. The molecule has 1 rings (SSSR count). The smallest absolute Gasteiger partial charge is 0.311 e. The number of aliphatic hydroxyl groups is 1. The van der Waals surface area contributed by atoms with Gasteiger partial charge in [-0.05, 0) is 6.07 Å². The second-order valence-corrected chi connectivity index (χ2v) is 2.62. The van der Waals surface area contributed by atoms with Crippen molar-refractivity contribution in [3.8, 4) is 0 Å². The van der Waals surface area contributed by atoms with E-state index in [0.29, 0.717) is 5.82 Å². The first-order chi connectivity index (χ1) is 7.19. The maximum atomic E-state index is 10.6. The fourth-order valence-corrected chi connectivity index (χ4v) is 0.984. The van der Waals surface area contributed by atoms with Crippen LogP contribution in [0.15, 0.2) is 12.1 Å². The minimum Gasteiger partial charge on any atom is -0.395 e. The summed E-state index contributed by atoms with van der Waals surface area (Å²) in [6.07, 6.45) is 0. The highest BCUT2D eigenvalue weighted by Crippen LogP contribution is 2.23. The summed E-state index contributed by atoms with van der Waals surface area (Å²) in [5.41, 5.74) is 2.11. The average Bonchev–Trinajstić information content (AvgIpc) is 2.25. The number of rotatable bonds is 5. The average molecular weight is 213 g/mol. The van der Waals surface area contributed by atoms with Crippen LogP contribution in [0.1, 0.15) is 0 Å². The van der Waals surface area contributed by atoms with E-state index in [4.69, 9.17) is 10.9 Å². The van der Waals surface area contributed by atoms with Crippen molar-refractivity contribution < 1.29 is 10.0 Å². The maximum Gasteiger partial charge on any atom is 0.311 e. The zero-order chi connectivity index (χ0) is 11.3. The van der Waals surface area contributed by atoms with Crippen molar-refractivity contribution in [2.75, 3.05) is 23.9 Å². The Kier molecular flexibility index (Phi) is 3.77. The number of hydrogen-bond donors (Lipinski definition) is 4. The number of hydrazine groups is 1. The predicted octanol–water partition coefficient (Wildman–Crippen LogP) is -0.320. The van der Waals surface area contributed by atoms with Crippen molar-refractivity contribution in [2.45, 2.75) is 0 Å². The van der Waals surface area contributed by atoms with Crippen LogP contribution < -0.4 is 16.6 Å². The molecule has 0 amide bonds. The Morgan fingerprint density at radius 1 is 1.60 bits per heavy atom. The van der Waals surface area contributed by atoms with Gasteiger partial charge in [0.05, 0.1) is 11.5 Å². The van der Waals surface area contributed by atoms with Crippen molar-refractivity contribution in [3.63, 3.8) is 0 Å². The Balaban J connectivity index is 2.99. The molecule has 0 aliphatic carbocycles. The lowest BCUT2D eigenvalue weighted by Crippen LogP contribution is -2.13. The number of pyridine rings is 1. The van der Waals surface area contributed by atoms with Crippen LogP contribution in [-0.2, 0) is 0 Å². The quantitative estimate of drug-likeness (QED) is 0.300. The molecule has 82 valence electrons. The lowest BCUT2D eigenvalue weighted by Gasteiger charge is -2.06. The van der Waals surface area contributed by atoms with Crippen LogP contribution in [0, 0.1) is 10.1 Å². The normalized spacial score (nSPS) is 9.73. The van der Waals surface area contributed by atoms with E-state index in [1.54, 1.807) is 0 Å². The van der Waals surface area contributed by atoms with Gasteiger partial charge >= 0.3 is 5.69 Å². The van der Waals surface area contributed by atoms with Gasteiger partial charge in [0, 0.05) is 12.6 Å². The fraction of sp³-hybridized carbons (Fsp3) is 0.286. The van der Waals surface area contributed by atoms with Crippen LogP contribution in [0.3, 0.4) is 0 Å². The van der Waals surface area contributed by atoms with Crippen LogP contribution in [0.2, 0.25) is 0 Å². The van der Waals surface area contributed by atoms with E-state index < -0.39 is 4.92 Å². The van der Waals surface area contributed by atoms with E-state index >= 15 is 0 Å². The van der Waals surface area contributed by atoms with Crippen molar-refractivity contribution >= 4 is 17.3 Å². The van der Waals surface area contributed by atoms with Gasteiger partial charge in [0.15, 0.2) is 0 Å². The SMILES string of the molecule is NNc1ccc([N+](=O)[O-])c(NCCO)n1. The van der Waals surface area contributed by atoms with Gasteiger partial charge in [-0.1, -0.05) is 0 Å². The van der Waals surface area contributed by atoms with E-state index in [-0.39, 0.29) is 24.7 Å². The summed E-state index contributed by atoms with van der Waals surface area (Å²) in [7, 11) is 0. The van der Waals surface area contributed by atoms with Crippen LogP contribution in [0.5, 0.6) is 0 Å².